The van der Waals surface area contributed by atoms with Gasteiger partial charge in [0.15, 0.2) is 0 Å². The van der Waals surface area contributed by atoms with Crippen LogP contribution in [0.3, 0.4) is 0 Å². The van der Waals surface area contributed by atoms with Gasteiger partial charge < -0.3 is 0 Å². The normalized spacial score (nSPS) is 10.8. The summed E-state index contributed by atoms with van der Waals surface area (Å²) < 4.78 is 0. The molecule has 0 saturated heterocycles. The third kappa shape index (κ3) is 4.29. The Morgan fingerprint density at radius 1 is 0.960 bits per heavy atom. The average molecular weight is 331 g/mol. The first kappa shape index (κ1) is 16.4. The van der Waals surface area contributed by atoms with E-state index in [0.717, 1.165) is 22.0 Å². The van der Waals surface area contributed by atoms with Crippen LogP contribution in [0.2, 0.25) is 0 Å². The Bertz CT molecular complexity index is 964. The molecular formula is C20H17N3O2. The minimum Gasteiger partial charge on any atom is -0.268 e. The lowest BCUT2D eigenvalue weighted by Crippen LogP contribution is -2.41. The fourth-order valence-electron chi connectivity index (χ4n) is 2.36. The predicted octanol–water partition coefficient (Wildman–Crippen LogP) is 3.02. The molecule has 2 amide bonds. The van der Waals surface area contributed by atoms with Gasteiger partial charge in [-0.05, 0) is 30.7 Å². The second-order valence-electron chi connectivity index (χ2n) is 5.58. The van der Waals surface area contributed by atoms with Gasteiger partial charge in [0.2, 0.25) is 0 Å². The Balaban J connectivity index is 1.60. The average Bonchev–Trinajstić information content (AvgIpc) is 2.64. The van der Waals surface area contributed by atoms with Crippen molar-refractivity contribution in [3.05, 3.63) is 83.6 Å². The first-order valence-electron chi connectivity index (χ1n) is 7.83. The summed E-state index contributed by atoms with van der Waals surface area (Å²) in [6.07, 6.45) is 3.05. The first-order chi connectivity index (χ1) is 12.1. The van der Waals surface area contributed by atoms with E-state index in [-0.39, 0.29) is 5.69 Å². The molecular weight excluding hydrogens is 314 g/mol. The number of nitrogens with zero attached hydrogens (tertiary/aromatic N) is 1. The molecule has 124 valence electrons. The summed E-state index contributed by atoms with van der Waals surface area (Å²) in [5, 5.41) is 0.948. The Kier molecular flexibility index (Phi) is 4.85. The summed E-state index contributed by atoms with van der Waals surface area (Å²) in [6, 6.07) is 18.7. The number of para-hydroxylation sites is 1. The van der Waals surface area contributed by atoms with Crippen LogP contribution in [-0.2, 0) is 4.79 Å². The fraction of sp³-hybridized carbons (Fsp3) is 0.0500. The van der Waals surface area contributed by atoms with Gasteiger partial charge in [0.05, 0.1) is 5.52 Å². The number of aromatic nitrogens is 1. The fourth-order valence-corrected chi connectivity index (χ4v) is 2.36. The zero-order valence-electron chi connectivity index (χ0n) is 13.7. The molecule has 0 radical (unpaired) electrons. The highest BCUT2D eigenvalue weighted by Crippen LogP contribution is 2.11. The number of benzene rings is 2. The van der Waals surface area contributed by atoms with Crippen LogP contribution in [0.1, 0.15) is 21.6 Å². The highest BCUT2D eigenvalue weighted by atomic mass is 16.2. The largest absolute Gasteiger partial charge is 0.288 e. The molecule has 0 unspecified atom stereocenters. The lowest BCUT2D eigenvalue weighted by Gasteiger charge is -2.05. The maximum atomic E-state index is 12.1. The zero-order valence-corrected chi connectivity index (χ0v) is 13.7. The SMILES string of the molecule is Cc1cccc(/C=C/C(=O)NNC(=O)c2ccc3ccccc3n2)c1. The van der Waals surface area contributed by atoms with Crippen molar-refractivity contribution < 1.29 is 9.59 Å². The van der Waals surface area contributed by atoms with Crippen LogP contribution in [0.4, 0.5) is 0 Å². The molecule has 2 aromatic carbocycles. The van der Waals surface area contributed by atoms with Gasteiger partial charge in [0.25, 0.3) is 11.8 Å². The lowest BCUT2D eigenvalue weighted by atomic mass is 10.1. The van der Waals surface area contributed by atoms with Crippen molar-refractivity contribution in [2.75, 3.05) is 0 Å². The smallest absolute Gasteiger partial charge is 0.268 e. The molecule has 0 aliphatic heterocycles. The Morgan fingerprint density at radius 2 is 1.80 bits per heavy atom. The molecule has 3 aromatic rings. The Hall–Kier alpha value is -3.47. The number of pyridine rings is 1. The van der Waals surface area contributed by atoms with Crippen molar-refractivity contribution in [3.63, 3.8) is 0 Å². The van der Waals surface area contributed by atoms with E-state index in [9.17, 15) is 9.59 Å². The standard InChI is InChI=1S/C20H17N3O2/c1-14-5-4-6-15(13-14)9-12-19(24)22-23-20(25)18-11-10-16-7-2-3-8-17(16)21-18/h2-13H,1H3,(H,22,24)(H,23,25)/b12-9+. The Labute approximate surface area is 145 Å². The molecule has 1 heterocycles. The van der Waals surface area contributed by atoms with Crippen molar-refractivity contribution in [2.24, 2.45) is 0 Å². The molecule has 0 aliphatic carbocycles. The van der Waals surface area contributed by atoms with E-state index in [4.69, 9.17) is 0 Å². The van der Waals surface area contributed by atoms with Crippen LogP contribution >= 0.6 is 0 Å². The molecule has 0 aliphatic rings. The van der Waals surface area contributed by atoms with Crippen LogP contribution in [0.15, 0.2) is 66.7 Å². The summed E-state index contributed by atoms with van der Waals surface area (Å²) in [5.74, 6) is -0.890. The van der Waals surface area contributed by atoms with Crippen LogP contribution in [0.5, 0.6) is 0 Å². The summed E-state index contributed by atoms with van der Waals surface area (Å²) in [6.45, 7) is 1.98. The molecule has 2 N–H and O–H groups in total. The van der Waals surface area contributed by atoms with Gasteiger partial charge in [0, 0.05) is 11.5 Å². The topological polar surface area (TPSA) is 71.1 Å². The minimum absolute atomic E-state index is 0.238. The zero-order chi connectivity index (χ0) is 17.6. The third-order valence-electron chi connectivity index (χ3n) is 3.60. The molecule has 0 spiro atoms. The van der Waals surface area contributed by atoms with E-state index in [0.29, 0.717) is 0 Å². The number of hydrogen-bond donors (Lipinski definition) is 2. The lowest BCUT2D eigenvalue weighted by molar-refractivity contribution is -0.117. The number of hydrogen-bond acceptors (Lipinski definition) is 3. The van der Waals surface area contributed by atoms with E-state index in [1.807, 2.05) is 61.5 Å². The first-order valence-corrected chi connectivity index (χ1v) is 7.83. The number of carbonyl (C=O) groups is 2. The van der Waals surface area contributed by atoms with E-state index in [2.05, 4.69) is 15.8 Å². The number of aryl methyl sites for hydroxylation is 1. The Morgan fingerprint density at radius 3 is 2.64 bits per heavy atom. The molecule has 5 heteroatoms. The number of carbonyl (C=O) groups excluding carboxylic acids is 2. The molecule has 0 bridgehead atoms. The summed E-state index contributed by atoms with van der Waals surface area (Å²) >= 11 is 0. The van der Waals surface area contributed by atoms with Crippen LogP contribution < -0.4 is 10.9 Å². The van der Waals surface area contributed by atoms with Crippen LogP contribution in [0.25, 0.3) is 17.0 Å². The second kappa shape index (κ2) is 7.40. The number of hydrazine groups is 1. The van der Waals surface area contributed by atoms with Crippen molar-refractivity contribution >= 4 is 28.8 Å². The van der Waals surface area contributed by atoms with Gasteiger partial charge in [0.1, 0.15) is 5.69 Å². The van der Waals surface area contributed by atoms with Crippen molar-refractivity contribution in [1.82, 2.24) is 15.8 Å². The maximum Gasteiger partial charge on any atom is 0.288 e. The van der Waals surface area contributed by atoms with Gasteiger partial charge in [-0.25, -0.2) is 4.98 Å². The van der Waals surface area contributed by atoms with E-state index >= 15 is 0 Å². The molecule has 1 aromatic heterocycles. The van der Waals surface area contributed by atoms with E-state index < -0.39 is 11.8 Å². The maximum absolute atomic E-state index is 12.1. The van der Waals surface area contributed by atoms with Crippen molar-refractivity contribution in [1.29, 1.82) is 0 Å². The molecule has 3 rings (SSSR count). The minimum atomic E-state index is -0.469. The molecule has 0 saturated carbocycles. The third-order valence-corrected chi connectivity index (χ3v) is 3.60. The highest BCUT2D eigenvalue weighted by molar-refractivity contribution is 5.98. The number of fused-ring (bicyclic) bond motifs is 1. The van der Waals surface area contributed by atoms with Crippen LogP contribution in [-0.4, -0.2) is 16.8 Å². The van der Waals surface area contributed by atoms with Gasteiger partial charge in [-0.1, -0.05) is 54.1 Å². The molecule has 0 fully saturated rings. The molecule has 0 atom stereocenters. The molecule has 25 heavy (non-hydrogen) atoms. The summed E-state index contributed by atoms with van der Waals surface area (Å²) in [5.41, 5.74) is 7.69. The monoisotopic (exact) mass is 331 g/mol. The molecule has 5 nitrogen and oxygen atoms in total. The van der Waals surface area contributed by atoms with Gasteiger partial charge in [-0.3, -0.25) is 20.4 Å². The van der Waals surface area contributed by atoms with Crippen molar-refractivity contribution in [3.8, 4) is 0 Å². The summed E-state index contributed by atoms with van der Waals surface area (Å²) in [7, 11) is 0. The predicted molar refractivity (Wildman–Crippen MR) is 97.6 cm³/mol. The van der Waals surface area contributed by atoms with Gasteiger partial charge in [-0.2, -0.15) is 0 Å². The quantitative estimate of drug-likeness (QED) is 0.572. The van der Waals surface area contributed by atoms with E-state index in [1.165, 1.54) is 6.08 Å². The van der Waals surface area contributed by atoms with Crippen molar-refractivity contribution in [2.45, 2.75) is 6.92 Å². The van der Waals surface area contributed by atoms with Crippen LogP contribution in [0, 0.1) is 6.92 Å². The number of rotatable bonds is 3. The summed E-state index contributed by atoms with van der Waals surface area (Å²) in [4.78, 5) is 28.2. The van der Waals surface area contributed by atoms with E-state index in [1.54, 1.807) is 12.1 Å². The highest BCUT2D eigenvalue weighted by Gasteiger charge is 2.08. The van der Waals surface area contributed by atoms with Gasteiger partial charge >= 0.3 is 0 Å². The number of amides is 2. The number of nitrogens with one attached hydrogen (secondary N) is 2. The second-order valence-corrected chi connectivity index (χ2v) is 5.58. The van der Waals surface area contributed by atoms with Gasteiger partial charge in [-0.15, -0.1) is 0 Å².